The molecule has 56 valence electrons. The van der Waals surface area contributed by atoms with Crippen molar-refractivity contribution in [2.45, 2.75) is 5.92 Å². The van der Waals surface area contributed by atoms with Crippen LogP contribution < -0.4 is 5.32 Å². The minimum absolute atomic E-state index is 0.434. The maximum atomic E-state index is 5.22. The van der Waals surface area contributed by atoms with Gasteiger partial charge in [0.15, 0.2) is 12.1 Å². The van der Waals surface area contributed by atoms with Gasteiger partial charge in [-0.05, 0) is 5.92 Å². The van der Waals surface area contributed by atoms with Crippen molar-refractivity contribution in [3.8, 4) is 12.3 Å². The molecule has 1 aromatic heterocycles. The predicted octanol–water partition coefficient (Wildman–Crippen LogP) is 0.343. The Morgan fingerprint density at radius 3 is 3.09 bits per heavy atom. The fourth-order valence-corrected chi connectivity index (χ4v) is 1.13. The van der Waals surface area contributed by atoms with E-state index in [1.807, 2.05) is 0 Å². The van der Waals surface area contributed by atoms with Crippen LogP contribution in [0, 0.1) is 12.3 Å². The molecule has 1 N–H and O–H groups in total. The van der Waals surface area contributed by atoms with E-state index in [4.69, 9.17) is 10.8 Å². The first kappa shape index (κ1) is 6.44. The molecule has 3 nitrogen and oxygen atoms in total. The highest BCUT2D eigenvalue weighted by Gasteiger charge is 2.24. The first-order valence-electron chi connectivity index (χ1n) is 3.52. The summed E-state index contributed by atoms with van der Waals surface area (Å²) in [5.74, 6) is 3.78. The molecule has 1 aliphatic rings. The van der Waals surface area contributed by atoms with E-state index in [1.54, 1.807) is 0 Å². The number of aromatic nitrogens is 1. The van der Waals surface area contributed by atoms with Gasteiger partial charge in [0.1, 0.15) is 5.76 Å². The van der Waals surface area contributed by atoms with Gasteiger partial charge in [0.05, 0.1) is 0 Å². The lowest BCUT2D eigenvalue weighted by Gasteiger charge is -2.24. The third kappa shape index (κ3) is 0.920. The Bertz CT molecular complexity index is 293. The van der Waals surface area contributed by atoms with Gasteiger partial charge in [0.25, 0.3) is 0 Å². The van der Waals surface area contributed by atoms with E-state index in [2.05, 4.69) is 16.2 Å². The smallest absolute Gasteiger partial charge is 0.182 e. The Kier molecular flexibility index (Phi) is 1.41. The zero-order valence-electron chi connectivity index (χ0n) is 6.00. The molecule has 0 unspecified atom stereocenters. The van der Waals surface area contributed by atoms with Gasteiger partial charge in [-0.3, -0.25) is 0 Å². The van der Waals surface area contributed by atoms with Crippen LogP contribution in [0.15, 0.2) is 10.8 Å². The SMILES string of the molecule is C#Cc1ncoc1C1CNC1. The number of rotatable bonds is 1. The van der Waals surface area contributed by atoms with Crippen molar-refractivity contribution in [2.75, 3.05) is 13.1 Å². The molecule has 1 saturated heterocycles. The summed E-state index contributed by atoms with van der Waals surface area (Å²) in [7, 11) is 0. The molecular formula is C8H8N2O. The topological polar surface area (TPSA) is 38.1 Å². The Morgan fingerprint density at radius 2 is 2.55 bits per heavy atom. The van der Waals surface area contributed by atoms with Crippen LogP contribution in [0.3, 0.4) is 0 Å². The number of terminal acetylenes is 1. The largest absolute Gasteiger partial charge is 0.447 e. The normalized spacial score (nSPS) is 17.4. The zero-order valence-corrected chi connectivity index (χ0v) is 6.00. The highest BCUT2D eigenvalue weighted by atomic mass is 16.3. The number of nitrogens with zero attached hydrogens (tertiary/aromatic N) is 1. The third-order valence-corrected chi connectivity index (χ3v) is 1.88. The van der Waals surface area contributed by atoms with Gasteiger partial charge < -0.3 is 9.73 Å². The lowest BCUT2D eigenvalue weighted by atomic mass is 9.99. The first-order valence-corrected chi connectivity index (χ1v) is 3.52. The number of oxazole rings is 1. The summed E-state index contributed by atoms with van der Waals surface area (Å²) in [6.45, 7) is 1.90. The summed E-state index contributed by atoms with van der Waals surface area (Å²) in [4.78, 5) is 3.91. The van der Waals surface area contributed by atoms with E-state index in [1.165, 1.54) is 6.39 Å². The molecule has 0 aromatic carbocycles. The Labute approximate surface area is 64.8 Å². The third-order valence-electron chi connectivity index (χ3n) is 1.88. The number of hydrogen-bond acceptors (Lipinski definition) is 3. The molecule has 2 heterocycles. The van der Waals surface area contributed by atoms with Gasteiger partial charge >= 0.3 is 0 Å². The fraction of sp³-hybridized carbons (Fsp3) is 0.375. The highest BCUT2D eigenvalue weighted by Crippen LogP contribution is 2.21. The Balaban J connectivity index is 2.29. The molecular weight excluding hydrogens is 140 g/mol. The fourth-order valence-electron chi connectivity index (χ4n) is 1.13. The summed E-state index contributed by atoms with van der Waals surface area (Å²) in [5, 5.41) is 3.14. The lowest BCUT2D eigenvalue weighted by Crippen LogP contribution is -2.40. The van der Waals surface area contributed by atoms with Crippen LogP contribution in [0.5, 0.6) is 0 Å². The number of hydrogen-bond donors (Lipinski definition) is 1. The van der Waals surface area contributed by atoms with Crippen LogP contribution in [0.4, 0.5) is 0 Å². The molecule has 0 bridgehead atoms. The second-order valence-corrected chi connectivity index (χ2v) is 2.56. The summed E-state index contributed by atoms with van der Waals surface area (Å²) in [6, 6.07) is 0. The molecule has 1 aromatic rings. The summed E-state index contributed by atoms with van der Waals surface area (Å²) in [5.41, 5.74) is 0.650. The molecule has 1 fully saturated rings. The van der Waals surface area contributed by atoms with Crippen LogP contribution >= 0.6 is 0 Å². The Morgan fingerprint density at radius 1 is 1.73 bits per heavy atom. The lowest BCUT2D eigenvalue weighted by molar-refractivity contribution is 0.368. The second kappa shape index (κ2) is 2.40. The van der Waals surface area contributed by atoms with Crippen LogP contribution in [-0.4, -0.2) is 18.1 Å². The summed E-state index contributed by atoms with van der Waals surface area (Å²) in [6.07, 6.45) is 6.62. The minimum atomic E-state index is 0.434. The van der Waals surface area contributed by atoms with E-state index in [0.29, 0.717) is 11.6 Å². The van der Waals surface area contributed by atoms with E-state index < -0.39 is 0 Å². The molecule has 0 radical (unpaired) electrons. The van der Waals surface area contributed by atoms with Gasteiger partial charge in [-0.15, -0.1) is 6.42 Å². The van der Waals surface area contributed by atoms with Crippen LogP contribution in [0.25, 0.3) is 0 Å². The quantitative estimate of drug-likeness (QED) is 0.584. The van der Waals surface area contributed by atoms with Crippen molar-refractivity contribution >= 4 is 0 Å². The van der Waals surface area contributed by atoms with Gasteiger partial charge in [0.2, 0.25) is 0 Å². The minimum Gasteiger partial charge on any atom is -0.447 e. The van der Waals surface area contributed by atoms with E-state index in [-0.39, 0.29) is 0 Å². The van der Waals surface area contributed by atoms with Gasteiger partial charge in [-0.25, -0.2) is 4.98 Å². The van der Waals surface area contributed by atoms with Crippen molar-refractivity contribution in [2.24, 2.45) is 0 Å². The molecule has 11 heavy (non-hydrogen) atoms. The first-order chi connectivity index (χ1) is 5.42. The van der Waals surface area contributed by atoms with Gasteiger partial charge in [0, 0.05) is 19.0 Å². The number of nitrogens with one attached hydrogen (secondary N) is 1. The van der Waals surface area contributed by atoms with Crippen molar-refractivity contribution in [3.05, 3.63) is 17.8 Å². The zero-order chi connectivity index (χ0) is 7.68. The molecule has 0 aliphatic carbocycles. The van der Waals surface area contributed by atoms with Crippen LogP contribution in [0.2, 0.25) is 0 Å². The molecule has 0 atom stereocenters. The van der Waals surface area contributed by atoms with E-state index in [0.717, 1.165) is 18.8 Å². The maximum absolute atomic E-state index is 5.22. The Hall–Kier alpha value is -1.27. The van der Waals surface area contributed by atoms with Crippen LogP contribution in [-0.2, 0) is 0 Å². The molecule has 1 aliphatic heterocycles. The predicted molar refractivity (Wildman–Crippen MR) is 40.0 cm³/mol. The van der Waals surface area contributed by atoms with E-state index in [9.17, 15) is 0 Å². The van der Waals surface area contributed by atoms with Gasteiger partial charge in [-0.2, -0.15) is 0 Å². The maximum Gasteiger partial charge on any atom is 0.182 e. The van der Waals surface area contributed by atoms with Crippen molar-refractivity contribution in [1.29, 1.82) is 0 Å². The van der Waals surface area contributed by atoms with Crippen molar-refractivity contribution in [3.63, 3.8) is 0 Å². The molecule has 0 amide bonds. The van der Waals surface area contributed by atoms with Crippen LogP contribution in [0.1, 0.15) is 17.4 Å². The van der Waals surface area contributed by atoms with Crippen molar-refractivity contribution < 1.29 is 4.42 Å². The monoisotopic (exact) mass is 148 g/mol. The second-order valence-electron chi connectivity index (χ2n) is 2.56. The van der Waals surface area contributed by atoms with E-state index >= 15 is 0 Å². The average molecular weight is 148 g/mol. The molecule has 3 heteroatoms. The standard InChI is InChI=1S/C8H8N2O/c1-2-7-8(11-5-10-7)6-3-9-4-6/h1,5-6,9H,3-4H2. The molecule has 0 spiro atoms. The van der Waals surface area contributed by atoms with Gasteiger partial charge in [-0.1, -0.05) is 0 Å². The summed E-state index contributed by atoms with van der Waals surface area (Å²) >= 11 is 0. The average Bonchev–Trinajstić information content (AvgIpc) is 2.32. The highest BCUT2D eigenvalue weighted by molar-refractivity contribution is 5.30. The molecule has 0 saturated carbocycles. The summed E-state index contributed by atoms with van der Waals surface area (Å²) < 4.78 is 5.17. The van der Waals surface area contributed by atoms with Crippen molar-refractivity contribution in [1.82, 2.24) is 10.3 Å². The molecule has 2 rings (SSSR count).